The van der Waals surface area contributed by atoms with Gasteiger partial charge in [-0.25, -0.2) is 0 Å². The van der Waals surface area contributed by atoms with Gasteiger partial charge >= 0.3 is 5.97 Å². The molecule has 0 aromatic heterocycles. The second kappa shape index (κ2) is 5.36. The van der Waals surface area contributed by atoms with Gasteiger partial charge in [0, 0.05) is 6.61 Å². The Labute approximate surface area is 87.8 Å². The maximum atomic E-state index is 10.5. The number of carboxylic acids is 1. The van der Waals surface area contributed by atoms with Crippen molar-refractivity contribution in [3.05, 3.63) is 29.3 Å². The molecular weight excluding hydrogens is 196 g/mol. The molecule has 0 aliphatic carbocycles. The maximum Gasteiger partial charge on any atom is 0.307 e. The zero-order chi connectivity index (χ0) is 11.3. The number of hydrogen-bond donors (Lipinski definition) is 3. The molecule has 4 nitrogen and oxygen atoms in total. The molecule has 1 aromatic carbocycles. The Morgan fingerprint density at radius 1 is 1.33 bits per heavy atom. The van der Waals surface area contributed by atoms with Gasteiger partial charge in [0.05, 0.1) is 6.42 Å². The zero-order valence-corrected chi connectivity index (χ0v) is 8.31. The van der Waals surface area contributed by atoms with Crippen LogP contribution in [-0.4, -0.2) is 27.9 Å². The Hall–Kier alpha value is -1.55. The Morgan fingerprint density at radius 2 is 2.07 bits per heavy atom. The van der Waals surface area contributed by atoms with Crippen LogP contribution in [0.15, 0.2) is 18.2 Å². The summed E-state index contributed by atoms with van der Waals surface area (Å²) in [4.78, 5) is 10.5. The predicted octanol–water partition coefficient (Wildman–Crippen LogP) is 0.944. The predicted molar refractivity (Wildman–Crippen MR) is 54.9 cm³/mol. The highest BCUT2D eigenvalue weighted by Gasteiger charge is 2.05. The highest BCUT2D eigenvalue weighted by molar-refractivity contribution is 5.70. The van der Waals surface area contributed by atoms with Gasteiger partial charge in [0.15, 0.2) is 0 Å². The van der Waals surface area contributed by atoms with Crippen LogP contribution in [0.25, 0.3) is 0 Å². The van der Waals surface area contributed by atoms with Gasteiger partial charge in [0.1, 0.15) is 5.75 Å². The van der Waals surface area contributed by atoms with Crippen molar-refractivity contribution in [1.82, 2.24) is 0 Å². The fourth-order valence-corrected chi connectivity index (χ4v) is 1.39. The van der Waals surface area contributed by atoms with E-state index >= 15 is 0 Å². The number of phenols is 1. The van der Waals surface area contributed by atoms with E-state index < -0.39 is 5.97 Å². The molecule has 3 N–H and O–H groups in total. The third-order valence-corrected chi connectivity index (χ3v) is 2.10. The molecule has 0 spiro atoms. The van der Waals surface area contributed by atoms with Crippen LogP contribution in [0.2, 0.25) is 0 Å². The maximum absolute atomic E-state index is 10.5. The van der Waals surface area contributed by atoms with Gasteiger partial charge in [-0.15, -0.1) is 0 Å². The van der Waals surface area contributed by atoms with Crippen LogP contribution in [0.4, 0.5) is 0 Å². The number of phenolic OH excluding ortho intramolecular Hbond substituents is 1. The Kier molecular flexibility index (Phi) is 4.12. The number of aliphatic hydroxyl groups is 1. The van der Waals surface area contributed by atoms with Gasteiger partial charge in [0.25, 0.3) is 0 Å². The molecule has 0 amide bonds. The highest BCUT2D eigenvalue weighted by atomic mass is 16.4. The summed E-state index contributed by atoms with van der Waals surface area (Å²) in [7, 11) is 0. The lowest BCUT2D eigenvalue weighted by Gasteiger charge is -2.05. The molecule has 0 unspecified atom stereocenters. The minimum absolute atomic E-state index is 0.0492. The second-order valence-corrected chi connectivity index (χ2v) is 3.36. The summed E-state index contributed by atoms with van der Waals surface area (Å²) < 4.78 is 0. The SMILES string of the molecule is O=C(O)Cc1ccc(O)c(CCCO)c1. The van der Waals surface area contributed by atoms with E-state index in [1.165, 1.54) is 6.07 Å². The Morgan fingerprint density at radius 3 is 2.67 bits per heavy atom. The third kappa shape index (κ3) is 3.59. The van der Waals surface area contributed by atoms with Crippen LogP contribution in [0.1, 0.15) is 17.5 Å². The monoisotopic (exact) mass is 210 g/mol. The molecule has 0 radical (unpaired) electrons. The molecule has 1 aromatic rings. The largest absolute Gasteiger partial charge is 0.508 e. The number of aliphatic carboxylic acids is 1. The number of benzene rings is 1. The van der Waals surface area contributed by atoms with Gasteiger partial charge in [0.2, 0.25) is 0 Å². The van der Waals surface area contributed by atoms with Crippen molar-refractivity contribution in [3.8, 4) is 5.75 Å². The number of aromatic hydroxyl groups is 1. The highest BCUT2D eigenvalue weighted by Crippen LogP contribution is 2.20. The first-order chi connectivity index (χ1) is 7.13. The quantitative estimate of drug-likeness (QED) is 0.676. The molecule has 0 bridgehead atoms. The lowest BCUT2D eigenvalue weighted by molar-refractivity contribution is -0.136. The van der Waals surface area contributed by atoms with Crippen molar-refractivity contribution in [2.75, 3.05) is 6.61 Å². The summed E-state index contributed by atoms with van der Waals surface area (Å²) in [6.07, 6.45) is 1.06. The van der Waals surface area contributed by atoms with E-state index in [0.717, 1.165) is 0 Å². The lowest BCUT2D eigenvalue weighted by atomic mass is 10.0. The van der Waals surface area contributed by atoms with Crippen LogP contribution in [-0.2, 0) is 17.6 Å². The van der Waals surface area contributed by atoms with Gasteiger partial charge in [-0.05, 0) is 30.0 Å². The molecule has 0 saturated carbocycles. The Balaban J connectivity index is 2.79. The molecule has 0 aliphatic rings. The van der Waals surface area contributed by atoms with Crippen LogP contribution in [0.3, 0.4) is 0 Å². The minimum atomic E-state index is -0.895. The fraction of sp³-hybridized carbons (Fsp3) is 0.364. The van der Waals surface area contributed by atoms with Crippen molar-refractivity contribution in [2.45, 2.75) is 19.3 Å². The molecule has 1 rings (SSSR count). The van der Waals surface area contributed by atoms with E-state index in [2.05, 4.69) is 0 Å². The normalized spacial score (nSPS) is 10.2. The third-order valence-electron chi connectivity index (χ3n) is 2.10. The van der Waals surface area contributed by atoms with E-state index in [0.29, 0.717) is 24.0 Å². The molecule has 82 valence electrons. The van der Waals surface area contributed by atoms with E-state index in [9.17, 15) is 9.90 Å². The van der Waals surface area contributed by atoms with Gasteiger partial charge in [-0.1, -0.05) is 12.1 Å². The van der Waals surface area contributed by atoms with Crippen LogP contribution in [0, 0.1) is 0 Å². The number of aliphatic hydroxyl groups excluding tert-OH is 1. The smallest absolute Gasteiger partial charge is 0.307 e. The topological polar surface area (TPSA) is 77.8 Å². The van der Waals surface area contributed by atoms with E-state index in [4.69, 9.17) is 10.2 Å². The number of carboxylic acid groups (broad SMARTS) is 1. The van der Waals surface area contributed by atoms with Crippen LogP contribution < -0.4 is 0 Å². The molecule has 0 aliphatic heterocycles. The summed E-state index contributed by atoms with van der Waals surface area (Å²) in [6, 6.07) is 4.75. The van der Waals surface area contributed by atoms with Crippen molar-refractivity contribution < 1.29 is 20.1 Å². The number of rotatable bonds is 5. The number of aryl methyl sites for hydroxylation is 1. The minimum Gasteiger partial charge on any atom is -0.508 e. The van der Waals surface area contributed by atoms with Gasteiger partial charge < -0.3 is 15.3 Å². The van der Waals surface area contributed by atoms with Crippen molar-refractivity contribution in [1.29, 1.82) is 0 Å². The first-order valence-corrected chi connectivity index (χ1v) is 4.77. The fourth-order valence-electron chi connectivity index (χ4n) is 1.39. The second-order valence-electron chi connectivity index (χ2n) is 3.36. The van der Waals surface area contributed by atoms with Crippen molar-refractivity contribution in [2.24, 2.45) is 0 Å². The standard InChI is InChI=1S/C11H14O4/c12-5-1-2-9-6-8(7-11(14)15)3-4-10(9)13/h3-4,6,12-13H,1-2,5,7H2,(H,14,15). The number of carbonyl (C=O) groups is 1. The van der Waals surface area contributed by atoms with E-state index in [-0.39, 0.29) is 18.8 Å². The summed E-state index contributed by atoms with van der Waals surface area (Å²) in [5.74, 6) is -0.744. The molecule has 0 fully saturated rings. The average Bonchev–Trinajstić information content (AvgIpc) is 2.18. The molecule has 0 atom stereocenters. The first-order valence-electron chi connectivity index (χ1n) is 4.77. The first kappa shape index (κ1) is 11.5. The van der Waals surface area contributed by atoms with Gasteiger partial charge in [-0.3, -0.25) is 4.79 Å². The van der Waals surface area contributed by atoms with E-state index in [1.807, 2.05) is 0 Å². The van der Waals surface area contributed by atoms with E-state index in [1.54, 1.807) is 12.1 Å². The number of hydrogen-bond acceptors (Lipinski definition) is 3. The summed E-state index contributed by atoms with van der Waals surface area (Å²) in [5.41, 5.74) is 1.34. The average molecular weight is 210 g/mol. The van der Waals surface area contributed by atoms with Gasteiger partial charge in [-0.2, -0.15) is 0 Å². The molecule has 0 heterocycles. The molecular formula is C11H14O4. The summed E-state index contributed by atoms with van der Waals surface area (Å²) in [6.45, 7) is 0.0581. The summed E-state index contributed by atoms with van der Waals surface area (Å²) >= 11 is 0. The van der Waals surface area contributed by atoms with Crippen molar-refractivity contribution >= 4 is 5.97 Å². The van der Waals surface area contributed by atoms with Crippen molar-refractivity contribution in [3.63, 3.8) is 0 Å². The molecule has 15 heavy (non-hydrogen) atoms. The zero-order valence-electron chi connectivity index (χ0n) is 8.31. The lowest BCUT2D eigenvalue weighted by Crippen LogP contribution is -2.01. The molecule has 4 heteroatoms. The van der Waals surface area contributed by atoms with Crippen LogP contribution >= 0.6 is 0 Å². The Bertz CT molecular complexity index is 346. The summed E-state index contributed by atoms with van der Waals surface area (Å²) in [5, 5.41) is 26.7. The molecule has 0 saturated heterocycles. The van der Waals surface area contributed by atoms with Crippen LogP contribution in [0.5, 0.6) is 5.75 Å².